The van der Waals surface area contributed by atoms with Crippen molar-refractivity contribution in [2.24, 2.45) is 5.92 Å². The van der Waals surface area contributed by atoms with Gasteiger partial charge in [0.05, 0.1) is 5.56 Å². The summed E-state index contributed by atoms with van der Waals surface area (Å²) in [5, 5.41) is 8.60. The summed E-state index contributed by atoms with van der Waals surface area (Å²) in [6, 6.07) is 2.25. The van der Waals surface area contributed by atoms with E-state index in [9.17, 15) is 13.2 Å². The normalized spacial score (nSPS) is 13.3. The Morgan fingerprint density at radius 3 is 2.43 bits per heavy atom. The van der Waals surface area contributed by atoms with Gasteiger partial charge in [-0.2, -0.15) is 0 Å². The first-order chi connectivity index (χ1) is 9.72. The van der Waals surface area contributed by atoms with E-state index in [2.05, 4.69) is 23.6 Å². The number of hydrogen-bond donors (Lipinski definition) is 2. The quantitative estimate of drug-likeness (QED) is 0.767. The first-order valence-corrected chi connectivity index (χ1v) is 8.42. The Morgan fingerprint density at radius 1 is 1.29 bits per heavy atom. The lowest BCUT2D eigenvalue weighted by atomic mass is 10.0. The molecule has 0 aromatic carbocycles. The Balaban J connectivity index is 2.66. The third-order valence-corrected chi connectivity index (χ3v) is 4.54. The molecule has 0 radical (unpaired) electrons. The Hall–Kier alpha value is -1.47. The molecule has 1 aromatic rings. The average Bonchev–Trinajstić information content (AvgIpc) is 2.37. The zero-order chi connectivity index (χ0) is 16.0. The van der Waals surface area contributed by atoms with E-state index in [1.807, 2.05) is 6.92 Å². The average molecular weight is 314 g/mol. The summed E-state index contributed by atoms with van der Waals surface area (Å²) in [6.45, 7) is 6.06. The summed E-state index contributed by atoms with van der Waals surface area (Å²) in [4.78, 5) is 14.4. The fourth-order valence-electron chi connectivity index (χ4n) is 1.88. The molecule has 1 atom stereocenters. The van der Waals surface area contributed by atoms with Crippen LogP contribution in [-0.4, -0.2) is 30.5 Å². The van der Waals surface area contributed by atoms with Crippen molar-refractivity contribution in [1.82, 2.24) is 9.71 Å². The molecule has 118 valence electrons. The van der Waals surface area contributed by atoms with Gasteiger partial charge < -0.3 is 5.11 Å². The van der Waals surface area contributed by atoms with Crippen LogP contribution < -0.4 is 4.72 Å². The maximum atomic E-state index is 12.1. The summed E-state index contributed by atoms with van der Waals surface area (Å²) < 4.78 is 26.8. The summed E-state index contributed by atoms with van der Waals surface area (Å²) in [5.74, 6) is -0.541. The fourth-order valence-corrected chi connectivity index (χ4v) is 3.09. The van der Waals surface area contributed by atoms with E-state index >= 15 is 0 Å². The largest absolute Gasteiger partial charge is 0.478 e. The molecule has 0 aliphatic heterocycles. The standard InChI is InChI=1S/C14H22N2O4S/c1-10(2)5-4-6-11(3)16-21(19,20)13-8-7-12(9-15-13)14(17)18/h7-11,16H,4-6H2,1-3H3,(H,17,18). The van der Waals surface area contributed by atoms with Crippen molar-refractivity contribution in [3.63, 3.8) is 0 Å². The van der Waals surface area contributed by atoms with Crippen LogP contribution in [0.1, 0.15) is 50.4 Å². The minimum absolute atomic E-state index is 0.0427. The van der Waals surface area contributed by atoms with Gasteiger partial charge >= 0.3 is 5.97 Å². The highest BCUT2D eigenvalue weighted by molar-refractivity contribution is 7.89. The molecule has 0 fully saturated rings. The summed E-state index contributed by atoms with van der Waals surface area (Å²) in [5.41, 5.74) is -0.0427. The van der Waals surface area contributed by atoms with Gasteiger partial charge in [-0.05, 0) is 31.4 Å². The Kier molecular flexibility index (Phi) is 6.29. The lowest BCUT2D eigenvalue weighted by Crippen LogP contribution is -2.33. The minimum atomic E-state index is -3.71. The highest BCUT2D eigenvalue weighted by Crippen LogP contribution is 2.11. The number of sulfonamides is 1. The number of nitrogens with zero attached hydrogens (tertiary/aromatic N) is 1. The van der Waals surface area contributed by atoms with Gasteiger partial charge in [0.2, 0.25) is 0 Å². The van der Waals surface area contributed by atoms with Crippen LogP contribution in [0.3, 0.4) is 0 Å². The smallest absolute Gasteiger partial charge is 0.337 e. The monoisotopic (exact) mass is 314 g/mol. The molecule has 1 unspecified atom stereocenters. The molecule has 0 aliphatic rings. The number of carboxylic acid groups (broad SMARTS) is 1. The minimum Gasteiger partial charge on any atom is -0.478 e. The number of carbonyl (C=O) groups is 1. The predicted octanol–water partition coefficient (Wildman–Crippen LogP) is 2.27. The molecule has 0 spiro atoms. The molecule has 1 aromatic heterocycles. The van der Waals surface area contributed by atoms with Crippen LogP contribution in [0.2, 0.25) is 0 Å². The molecule has 21 heavy (non-hydrogen) atoms. The second kappa shape index (κ2) is 7.51. The molecule has 1 heterocycles. The predicted molar refractivity (Wildman–Crippen MR) is 79.7 cm³/mol. The van der Waals surface area contributed by atoms with Crippen molar-refractivity contribution in [2.45, 2.75) is 51.1 Å². The number of rotatable bonds is 8. The first-order valence-electron chi connectivity index (χ1n) is 6.94. The lowest BCUT2D eigenvalue weighted by Gasteiger charge is -2.14. The molecule has 0 saturated carbocycles. The van der Waals surface area contributed by atoms with Gasteiger partial charge in [-0.25, -0.2) is 22.9 Å². The number of nitrogens with one attached hydrogen (secondary N) is 1. The fraction of sp³-hybridized carbons (Fsp3) is 0.571. The second-order valence-corrected chi connectivity index (χ2v) is 7.20. The van der Waals surface area contributed by atoms with Crippen molar-refractivity contribution in [2.75, 3.05) is 0 Å². The van der Waals surface area contributed by atoms with E-state index < -0.39 is 16.0 Å². The molecule has 0 bridgehead atoms. The van der Waals surface area contributed by atoms with Gasteiger partial charge in [0, 0.05) is 12.2 Å². The Morgan fingerprint density at radius 2 is 1.95 bits per heavy atom. The topological polar surface area (TPSA) is 96.4 Å². The SMILES string of the molecule is CC(C)CCCC(C)NS(=O)(=O)c1ccc(C(=O)O)cn1. The van der Waals surface area contributed by atoms with Crippen LogP contribution in [0, 0.1) is 5.92 Å². The van der Waals surface area contributed by atoms with E-state index in [1.54, 1.807) is 0 Å². The number of pyridine rings is 1. The summed E-state index contributed by atoms with van der Waals surface area (Å²) >= 11 is 0. The van der Waals surface area contributed by atoms with Crippen molar-refractivity contribution >= 4 is 16.0 Å². The van der Waals surface area contributed by atoms with Gasteiger partial charge in [0.25, 0.3) is 10.0 Å². The Bertz CT molecular complexity index is 567. The van der Waals surface area contributed by atoms with Crippen molar-refractivity contribution < 1.29 is 18.3 Å². The lowest BCUT2D eigenvalue weighted by molar-refractivity contribution is 0.0696. The number of carboxylic acids is 1. The van der Waals surface area contributed by atoms with E-state index in [4.69, 9.17) is 5.11 Å². The summed E-state index contributed by atoms with van der Waals surface area (Å²) in [6.07, 6.45) is 3.80. The van der Waals surface area contributed by atoms with Crippen molar-refractivity contribution in [1.29, 1.82) is 0 Å². The molecule has 0 aliphatic carbocycles. The molecule has 2 N–H and O–H groups in total. The second-order valence-electron chi connectivity index (χ2n) is 5.54. The van der Waals surface area contributed by atoms with Crippen LogP contribution in [-0.2, 0) is 10.0 Å². The van der Waals surface area contributed by atoms with Crippen LogP contribution in [0.25, 0.3) is 0 Å². The molecular weight excluding hydrogens is 292 g/mol. The molecule has 0 amide bonds. The molecule has 6 nitrogen and oxygen atoms in total. The highest BCUT2D eigenvalue weighted by Gasteiger charge is 2.19. The van der Waals surface area contributed by atoms with Crippen LogP contribution >= 0.6 is 0 Å². The van der Waals surface area contributed by atoms with Gasteiger partial charge in [0.1, 0.15) is 0 Å². The van der Waals surface area contributed by atoms with Crippen LogP contribution in [0.15, 0.2) is 23.4 Å². The molecule has 7 heteroatoms. The van der Waals surface area contributed by atoms with Crippen molar-refractivity contribution in [3.05, 3.63) is 23.9 Å². The van der Waals surface area contributed by atoms with Gasteiger partial charge in [-0.3, -0.25) is 0 Å². The van der Waals surface area contributed by atoms with Crippen molar-refractivity contribution in [3.8, 4) is 0 Å². The van der Waals surface area contributed by atoms with Crippen LogP contribution in [0.4, 0.5) is 0 Å². The highest BCUT2D eigenvalue weighted by atomic mass is 32.2. The first kappa shape index (κ1) is 17.6. The third kappa shape index (κ3) is 5.81. The molecular formula is C14H22N2O4S. The maximum Gasteiger partial charge on any atom is 0.337 e. The zero-order valence-corrected chi connectivity index (χ0v) is 13.4. The number of aromatic nitrogens is 1. The molecule has 0 saturated heterocycles. The molecule has 1 rings (SSSR count). The number of hydrogen-bond acceptors (Lipinski definition) is 4. The van der Waals surface area contributed by atoms with E-state index in [-0.39, 0.29) is 16.6 Å². The zero-order valence-electron chi connectivity index (χ0n) is 12.5. The van der Waals surface area contributed by atoms with Crippen LogP contribution in [0.5, 0.6) is 0 Å². The number of aromatic carboxylic acids is 1. The van der Waals surface area contributed by atoms with Gasteiger partial charge in [0.15, 0.2) is 5.03 Å². The van der Waals surface area contributed by atoms with Gasteiger partial charge in [-0.1, -0.05) is 26.7 Å². The van der Waals surface area contributed by atoms with E-state index in [1.165, 1.54) is 12.1 Å². The van der Waals surface area contributed by atoms with Gasteiger partial charge in [-0.15, -0.1) is 0 Å². The summed E-state index contributed by atoms with van der Waals surface area (Å²) in [7, 11) is -3.71. The Labute approximate surface area is 125 Å². The van der Waals surface area contributed by atoms with E-state index in [0.717, 1.165) is 25.5 Å². The maximum absolute atomic E-state index is 12.1. The third-order valence-electron chi connectivity index (χ3n) is 3.03. The van der Waals surface area contributed by atoms with E-state index in [0.29, 0.717) is 5.92 Å².